The summed E-state index contributed by atoms with van der Waals surface area (Å²) < 4.78 is 20.5. The van der Waals surface area contributed by atoms with Crippen molar-refractivity contribution in [1.82, 2.24) is 14.5 Å². The molecule has 3 heterocycles. The van der Waals surface area contributed by atoms with E-state index in [4.69, 9.17) is 4.74 Å². The molecule has 0 aliphatic carbocycles. The Balaban J connectivity index is 1.67. The molecule has 0 radical (unpaired) electrons. The maximum Gasteiger partial charge on any atom is 0.255 e. The number of carbonyl (C=O) groups is 1. The number of rotatable bonds is 3. The van der Waals surface area contributed by atoms with Crippen LogP contribution in [0.3, 0.4) is 0 Å². The molecular formula is C21H22FN3O2. The van der Waals surface area contributed by atoms with E-state index in [2.05, 4.69) is 4.98 Å². The number of halogens is 1. The highest BCUT2D eigenvalue weighted by molar-refractivity contribution is 6.00. The number of likely N-dealkylation sites (tertiary alicyclic amines) is 1. The highest BCUT2D eigenvalue weighted by Gasteiger charge is 2.24. The van der Waals surface area contributed by atoms with Gasteiger partial charge in [-0.25, -0.2) is 4.39 Å². The highest BCUT2D eigenvalue weighted by Crippen LogP contribution is 2.30. The molecular weight excluding hydrogens is 345 g/mol. The van der Waals surface area contributed by atoms with E-state index in [1.165, 1.54) is 0 Å². The average Bonchev–Trinajstić information content (AvgIpc) is 3.04. The number of piperidine rings is 1. The first-order chi connectivity index (χ1) is 13.1. The number of hydrogen-bond acceptors (Lipinski definition) is 3. The van der Waals surface area contributed by atoms with Crippen molar-refractivity contribution in [2.45, 2.75) is 19.0 Å². The fourth-order valence-corrected chi connectivity index (χ4v) is 3.59. The van der Waals surface area contributed by atoms with Crippen molar-refractivity contribution in [2.24, 2.45) is 7.05 Å². The zero-order chi connectivity index (χ0) is 19.0. The third-order valence-electron chi connectivity index (χ3n) is 5.19. The van der Waals surface area contributed by atoms with E-state index < -0.39 is 6.17 Å². The van der Waals surface area contributed by atoms with E-state index >= 15 is 0 Å². The summed E-state index contributed by atoms with van der Waals surface area (Å²) >= 11 is 0. The number of benzene rings is 1. The molecule has 1 fully saturated rings. The molecule has 0 bridgehead atoms. The normalized spacial score (nSPS) is 15.3. The van der Waals surface area contributed by atoms with Crippen LogP contribution in [0.2, 0.25) is 0 Å². The second-order valence-corrected chi connectivity index (χ2v) is 6.94. The second-order valence-electron chi connectivity index (χ2n) is 6.94. The third-order valence-corrected chi connectivity index (χ3v) is 5.19. The van der Waals surface area contributed by atoms with E-state index in [0.717, 1.165) is 27.9 Å². The van der Waals surface area contributed by atoms with Gasteiger partial charge in [0.25, 0.3) is 5.91 Å². The number of pyridine rings is 1. The zero-order valence-corrected chi connectivity index (χ0v) is 15.5. The number of hydrogen-bond donors (Lipinski definition) is 0. The fourth-order valence-electron chi connectivity index (χ4n) is 3.59. The minimum atomic E-state index is -0.797. The molecule has 1 aliphatic heterocycles. The largest absolute Gasteiger partial charge is 0.497 e. The molecule has 27 heavy (non-hydrogen) atoms. The molecule has 5 nitrogen and oxygen atoms in total. The summed E-state index contributed by atoms with van der Waals surface area (Å²) in [7, 11) is 3.59. The minimum absolute atomic E-state index is 0.0801. The van der Waals surface area contributed by atoms with Crippen LogP contribution in [-0.2, 0) is 7.05 Å². The van der Waals surface area contributed by atoms with Gasteiger partial charge in [-0.3, -0.25) is 9.78 Å². The summed E-state index contributed by atoms with van der Waals surface area (Å²) in [4.78, 5) is 19.0. The Morgan fingerprint density at radius 2 is 1.93 bits per heavy atom. The highest BCUT2D eigenvalue weighted by atomic mass is 19.1. The Hall–Kier alpha value is -2.89. The summed E-state index contributed by atoms with van der Waals surface area (Å²) in [6.07, 6.45) is 3.66. The number of carbonyl (C=O) groups excluding carboxylic acids is 1. The van der Waals surface area contributed by atoms with Gasteiger partial charge < -0.3 is 14.2 Å². The molecule has 6 heteroatoms. The first-order valence-electron chi connectivity index (χ1n) is 9.09. The van der Waals surface area contributed by atoms with Crippen LogP contribution in [0.1, 0.15) is 23.2 Å². The molecule has 0 atom stereocenters. The van der Waals surface area contributed by atoms with Gasteiger partial charge in [-0.2, -0.15) is 0 Å². The average molecular weight is 367 g/mol. The predicted molar refractivity (Wildman–Crippen MR) is 103 cm³/mol. The summed E-state index contributed by atoms with van der Waals surface area (Å²) in [5.74, 6) is 0.723. The Bertz CT molecular complexity index is 973. The Labute approximate surface area is 157 Å². The smallest absolute Gasteiger partial charge is 0.255 e. The number of methoxy groups -OCH3 is 1. The van der Waals surface area contributed by atoms with E-state index in [9.17, 15) is 9.18 Å². The monoisotopic (exact) mass is 367 g/mol. The molecule has 1 aliphatic rings. The number of nitrogens with zero attached hydrogens (tertiary/aromatic N) is 3. The van der Waals surface area contributed by atoms with Crippen molar-refractivity contribution in [1.29, 1.82) is 0 Å². The topological polar surface area (TPSA) is 47.4 Å². The molecule has 1 aromatic carbocycles. The molecule has 0 saturated carbocycles. The van der Waals surface area contributed by atoms with E-state index in [0.29, 0.717) is 31.5 Å². The van der Waals surface area contributed by atoms with Crippen LogP contribution in [0.15, 0.2) is 42.7 Å². The van der Waals surface area contributed by atoms with Gasteiger partial charge in [0, 0.05) is 38.1 Å². The van der Waals surface area contributed by atoms with Gasteiger partial charge in [0.2, 0.25) is 0 Å². The van der Waals surface area contributed by atoms with E-state index in [-0.39, 0.29) is 5.91 Å². The number of alkyl halides is 1. The van der Waals surface area contributed by atoms with Crippen molar-refractivity contribution in [3.63, 3.8) is 0 Å². The number of ether oxygens (including phenoxy) is 1. The molecule has 3 aromatic rings. The lowest BCUT2D eigenvalue weighted by molar-refractivity contribution is 0.0666. The van der Waals surface area contributed by atoms with Crippen molar-refractivity contribution >= 4 is 16.9 Å². The van der Waals surface area contributed by atoms with Gasteiger partial charge in [0.1, 0.15) is 11.9 Å². The quantitative estimate of drug-likeness (QED) is 0.707. The zero-order valence-electron chi connectivity index (χ0n) is 15.5. The lowest BCUT2D eigenvalue weighted by Crippen LogP contribution is -2.39. The van der Waals surface area contributed by atoms with E-state index in [1.54, 1.807) is 18.2 Å². The molecule has 0 unspecified atom stereocenters. The van der Waals surface area contributed by atoms with Crippen LogP contribution < -0.4 is 4.74 Å². The second kappa shape index (κ2) is 7.02. The number of aryl methyl sites for hydroxylation is 1. The molecule has 4 rings (SSSR count). The van der Waals surface area contributed by atoms with Gasteiger partial charge in [-0.05, 0) is 36.6 Å². The van der Waals surface area contributed by atoms with E-state index in [1.807, 2.05) is 48.1 Å². The fraction of sp³-hybridized carbons (Fsp3) is 0.333. The standard InChI is InChI=1S/C21H22FN3O2/c1-24-13-18(14-3-5-17(27-2)6-4-14)20-19(24)11-15(12-23-20)21(26)25-9-7-16(22)8-10-25/h3-6,11-13,16H,7-10H2,1-2H3. The summed E-state index contributed by atoms with van der Waals surface area (Å²) in [5.41, 5.74) is 4.33. The van der Waals surface area contributed by atoms with Crippen LogP contribution in [0, 0.1) is 0 Å². The number of fused-ring (bicyclic) bond motifs is 1. The lowest BCUT2D eigenvalue weighted by Gasteiger charge is -2.28. The Kier molecular flexibility index (Phi) is 4.56. The van der Waals surface area contributed by atoms with Crippen molar-refractivity contribution in [3.05, 3.63) is 48.3 Å². The van der Waals surface area contributed by atoms with Crippen LogP contribution >= 0.6 is 0 Å². The van der Waals surface area contributed by atoms with Gasteiger partial charge >= 0.3 is 0 Å². The molecule has 0 spiro atoms. The number of aromatic nitrogens is 2. The molecule has 0 N–H and O–H groups in total. The number of amides is 1. The third kappa shape index (κ3) is 3.27. The van der Waals surface area contributed by atoms with Crippen molar-refractivity contribution in [2.75, 3.05) is 20.2 Å². The Morgan fingerprint density at radius 1 is 1.22 bits per heavy atom. The predicted octanol–water partition coefficient (Wildman–Crippen LogP) is 3.82. The summed E-state index contributed by atoms with van der Waals surface area (Å²) in [5, 5.41) is 0. The van der Waals surface area contributed by atoms with Crippen LogP contribution in [0.4, 0.5) is 4.39 Å². The molecule has 1 amide bonds. The lowest BCUT2D eigenvalue weighted by atomic mass is 10.1. The van der Waals surface area contributed by atoms with Gasteiger partial charge in [0.15, 0.2) is 0 Å². The van der Waals surface area contributed by atoms with Crippen LogP contribution in [0.5, 0.6) is 5.75 Å². The van der Waals surface area contributed by atoms with Gasteiger partial charge in [-0.1, -0.05) is 12.1 Å². The SMILES string of the molecule is COc1ccc(-c2cn(C)c3cc(C(=O)N4CCC(F)CC4)cnc23)cc1. The van der Waals surface area contributed by atoms with Crippen molar-refractivity contribution < 1.29 is 13.9 Å². The molecule has 2 aromatic heterocycles. The first-order valence-corrected chi connectivity index (χ1v) is 9.09. The van der Waals surface area contributed by atoms with Crippen LogP contribution in [-0.4, -0.2) is 46.7 Å². The maximum atomic E-state index is 13.3. The van der Waals surface area contributed by atoms with Gasteiger partial charge in [0.05, 0.1) is 23.7 Å². The summed E-state index contributed by atoms with van der Waals surface area (Å²) in [6, 6.07) is 9.70. The Morgan fingerprint density at radius 3 is 2.59 bits per heavy atom. The molecule has 1 saturated heterocycles. The first kappa shape index (κ1) is 17.5. The van der Waals surface area contributed by atoms with Gasteiger partial charge in [-0.15, -0.1) is 0 Å². The molecule has 140 valence electrons. The van der Waals surface area contributed by atoms with Crippen molar-refractivity contribution in [3.8, 4) is 16.9 Å². The maximum absolute atomic E-state index is 13.3. The summed E-state index contributed by atoms with van der Waals surface area (Å²) in [6.45, 7) is 0.921. The van der Waals surface area contributed by atoms with Crippen LogP contribution in [0.25, 0.3) is 22.2 Å². The minimum Gasteiger partial charge on any atom is -0.497 e.